The second-order valence-electron chi connectivity index (χ2n) is 6.74. The van der Waals surface area contributed by atoms with E-state index in [2.05, 4.69) is 20.1 Å². The van der Waals surface area contributed by atoms with Crippen LogP contribution in [0.5, 0.6) is 0 Å². The molecule has 0 radical (unpaired) electrons. The quantitative estimate of drug-likeness (QED) is 0.470. The number of carbonyl (C=O) groups is 1. The maximum atomic E-state index is 11.8. The molecule has 2 aliphatic heterocycles. The van der Waals surface area contributed by atoms with Crippen molar-refractivity contribution in [2.24, 2.45) is 10.9 Å². The normalized spacial score (nSPS) is 21.4. The highest BCUT2D eigenvalue weighted by Crippen LogP contribution is 2.18. The zero-order valence-corrected chi connectivity index (χ0v) is 15.4. The van der Waals surface area contributed by atoms with Gasteiger partial charge in [-0.05, 0) is 45.7 Å². The van der Waals surface area contributed by atoms with Crippen molar-refractivity contribution in [1.29, 1.82) is 0 Å². The number of rotatable bonds is 5. The van der Waals surface area contributed by atoms with Gasteiger partial charge >= 0.3 is 5.97 Å². The summed E-state index contributed by atoms with van der Waals surface area (Å²) in [6.45, 7) is 8.54. The number of nitrogens with one attached hydrogen (secondary N) is 1. The van der Waals surface area contributed by atoms with Crippen molar-refractivity contribution in [2.75, 3.05) is 52.9 Å². The summed E-state index contributed by atoms with van der Waals surface area (Å²) < 4.78 is 5.14. The van der Waals surface area contributed by atoms with E-state index < -0.39 is 0 Å². The molecule has 2 aliphatic rings. The van der Waals surface area contributed by atoms with Crippen molar-refractivity contribution >= 4 is 11.9 Å². The molecule has 0 unspecified atom stereocenters. The third-order valence-electron chi connectivity index (χ3n) is 5.04. The number of piperidine rings is 1. The van der Waals surface area contributed by atoms with Gasteiger partial charge in [-0.25, -0.2) is 0 Å². The van der Waals surface area contributed by atoms with Crippen LogP contribution in [0.2, 0.25) is 0 Å². The lowest BCUT2D eigenvalue weighted by Crippen LogP contribution is -2.48. The number of carbonyl (C=O) groups excluding carboxylic acids is 1. The van der Waals surface area contributed by atoms with E-state index in [1.807, 2.05) is 14.0 Å². The number of nitrogens with zero attached hydrogens (tertiary/aromatic N) is 3. The molecule has 2 rings (SSSR count). The van der Waals surface area contributed by atoms with Gasteiger partial charge in [0.2, 0.25) is 0 Å². The van der Waals surface area contributed by atoms with Crippen LogP contribution in [0.4, 0.5) is 0 Å². The Hall–Kier alpha value is -1.30. The summed E-state index contributed by atoms with van der Waals surface area (Å²) in [6.07, 6.45) is 7.12. The Balaban J connectivity index is 1.69. The number of likely N-dealkylation sites (tertiary alicyclic amines) is 2. The average Bonchev–Trinajstić information content (AvgIpc) is 2.88. The topological polar surface area (TPSA) is 57.2 Å². The molecule has 0 saturated carbocycles. The third-order valence-corrected chi connectivity index (χ3v) is 5.04. The number of aliphatic imine (C=N–C) groups is 1. The standard InChI is InChI=1S/C18H34N4O2/c1-3-24-17(23)16-8-13-22(14-9-16)18(19-2)20-10-15-21-11-6-4-5-7-12-21/h16H,3-15H2,1-2H3,(H,19,20). The van der Waals surface area contributed by atoms with Crippen LogP contribution in [0.3, 0.4) is 0 Å². The van der Waals surface area contributed by atoms with Crippen LogP contribution < -0.4 is 5.32 Å². The monoisotopic (exact) mass is 338 g/mol. The van der Waals surface area contributed by atoms with Crippen LogP contribution in [0.1, 0.15) is 45.4 Å². The molecule has 0 aliphatic carbocycles. The highest BCUT2D eigenvalue weighted by atomic mass is 16.5. The van der Waals surface area contributed by atoms with E-state index in [0.717, 1.165) is 45.0 Å². The van der Waals surface area contributed by atoms with Crippen molar-refractivity contribution in [3.8, 4) is 0 Å². The number of hydrogen-bond donors (Lipinski definition) is 1. The molecule has 0 aromatic heterocycles. The zero-order valence-electron chi connectivity index (χ0n) is 15.4. The van der Waals surface area contributed by atoms with E-state index >= 15 is 0 Å². The van der Waals surface area contributed by atoms with Crippen molar-refractivity contribution in [1.82, 2.24) is 15.1 Å². The van der Waals surface area contributed by atoms with Gasteiger partial charge in [-0.2, -0.15) is 0 Å². The smallest absolute Gasteiger partial charge is 0.309 e. The summed E-state index contributed by atoms with van der Waals surface area (Å²) in [5.41, 5.74) is 0. The molecule has 2 heterocycles. The highest BCUT2D eigenvalue weighted by Gasteiger charge is 2.27. The molecule has 6 heteroatoms. The Morgan fingerprint density at radius 3 is 2.38 bits per heavy atom. The molecule has 2 saturated heterocycles. The molecule has 0 atom stereocenters. The highest BCUT2D eigenvalue weighted by molar-refractivity contribution is 5.80. The van der Waals surface area contributed by atoms with Crippen LogP contribution in [-0.2, 0) is 9.53 Å². The fourth-order valence-corrected chi connectivity index (χ4v) is 3.60. The summed E-state index contributed by atoms with van der Waals surface area (Å²) in [5, 5.41) is 3.49. The lowest BCUT2D eigenvalue weighted by Gasteiger charge is -2.33. The van der Waals surface area contributed by atoms with E-state index in [-0.39, 0.29) is 11.9 Å². The van der Waals surface area contributed by atoms with Gasteiger partial charge in [0.25, 0.3) is 0 Å². The van der Waals surface area contributed by atoms with E-state index in [4.69, 9.17) is 4.74 Å². The summed E-state index contributed by atoms with van der Waals surface area (Å²) in [4.78, 5) is 21.1. The molecular formula is C18H34N4O2. The molecule has 2 fully saturated rings. The van der Waals surface area contributed by atoms with Gasteiger partial charge in [0.15, 0.2) is 5.96 Å². The Kier molecular flexibility index (Phi) is 8.36. The van der Waals surface area contributed by atoms with Crippen molar-refractivity contribution in [3.63, 3.8) is 0 Å². The summed E-state index contributed by atoms with van der Waals surface area (Å²) in [5.74, 6) is 0.977. The van der Waals surface area contributed by atoms with Crippen LogP contribution >= 0.6 is 0 Å². The molecule has 0 spiro atoms. The number of hydrogen-bond acceptors (Lipinski definition) is 4. The van der Waals surface area contributed by atoms with Gasteiger partial charge in [0.05, 0.1) is 12.5 Å². The van der Waals surface area contributed by atoms with Gasteiger partial charge in [-0.3, -0.25) is 9.79 Å². The molecule has 0 aromatic carbocycles. The fraction of sp³-hybridized carbons (Fsp3) is 0.889. The minimum atomic E-state index is -0.0405. The number of esters is 1. The maximum absolute atomic E-state index is 11.8. The minimum Gasteiger partial charge on any atom is -0.466 e. The van der Waals surface area contributed by atoms with Gasteiger partial charge in [0.1, 0.15) is 0 Å². The Labute approximate surface area is 146 Å². The minimum absolute atomic E-state index is 0.0405. The van der Waals surface area contributed by atoms with Gasteiger partial charge in [-0.15, -0.1) is 0 Å². The predicted molar refractivity (Wildman–Crippen MR) is 97.2 cm³/mol. The van der Waals surface area contributed by atoms with Crippen LogP contribution in [0.15, 0.2) is 4.99 Å². The fourth-order valence-electron chi connectivity index (χ4n) is 3.60. The average molecular weight is 338 g/mol. The lowest BCUT2D eigenvalue weighted by molar-refractivity contribution is -0.149. The molecule has 0 aromatic rings. The van der Waals surface area contributed by atoms with E-state index in [0.29, 0.717) is 6.61 Å². The first-order valence-electron chi connectivity index (χ1n) is 9.59. The van der Waals surface area contributed by atoms with Gasteiger partial charge in [-0.1, -0.05) is 12.8 Å². The molecule has 1 N–H and O–H groups in total. The zero-order chi connectivity index (χ0) is 17.2. The molecule has 138 valence electrons. The van der Waals surface area contributed by atoms with Gasteiger partial charge in [0, 0.05) is 33.2 Å². The summed E-state index contributed by atoms with van der Waals surface area (Å²) >= 11 is 0. The summed E-state index contributed by atoms with van der Waals surface area (Å²) in [7, 11) is 1.84. The first-order chi connectivity index (χ1) is 11.7. The van der Waals surface area contributed by atoms with E-state index in [9.17, 15) is 4.79 Å². The molecular weight excluding hydrogens is 304 g/mol. The third kappa shape index (κ3) is 5.96. The van der Waals surface area contributed by atoms with Crippen LogP contribution in [0, 0.1) is 5.92 Å². The van der Waals surface area contributed by atoms with Gasteiger partial charge < -0.3 is 19.9 Å². The van der Waals surface area contributed by atoms with Crippen molar-refractivity contribution in [2.45, 2.75) is 45.4 Å². The lowest BCUT2D eigenvalue weighted by atomic mass is 9.97. The Morgan fingerprint density at radius 2 is 1.79 bits per heavy atom. The van der Waals surface area contributed by atoms with E-state index in [1.165, 1.54) is 38.8 Å². The molecule has 0 amide bonds. The first-order valence-corrected chi connectivity index (χ1v) is 9.59. The van der Waals surface area contributed by atoms with Crippen molar-refractivity contribution < 1.29 is 9.53 Å². The Morgan fingerprint density at radius 1 is 1.12 bits per heavy atom. The Bertz CT molecular complexity index is 398. The second-order valence-corrected chi connectivity index (χ2v) is 6.74. The predicted octanol–water partition coefficient (Wildman–Crippen LogP) is 1.71. The maximum Gasteiger partial charge on any atom is 0.309 e. The molecule has 0 bridgehead atoms. The number of guanidine groups is 1. The first kappa shape index (κ1) is 19.0. The van der Waals surface area contributed by atoms with Crippen LogP contribution in [-0.4, -0.2) is 74.7 Å². The van der Waals surface area contributed by atoms with E-state index in [1.54, 1.807) is 0 Å². The second kappa shape index (κ2) is 10.5. The van der Waals surface area contributed by atoms with Crippen LogP contribution in [0.25, 0.3) is 0 Å². The molecule has 24 heavy (non-hydrogen) atoms. The summed E-state index contributed by atoms with van der Waals surface area (Å²) in [6, 6.07) is 0. The molecule has 6 nitrogen and oxygen atoms in total. The van der Waals surface area contributed by atoms with Crippen molar-refractivity contribution in [3.05, 3.63) is 0 Å². The number of ether oxygens (including phenoxy) is 1. The largest absolute Gasteiger partial charge is 0.466 e. The SMILES string of the molecule is CCOC(=O)C1CCN(C(=NC)NCCN2CCCCCC2)CC1.